The van der Waals surface area contributed by atoms with Gasteiger partial charge in [-0.15, -0.1) is 0 Å². The molecule has 0 bridgehead atoms. The number of likely N-dealkylation sites (N-methyl/N-ethyl adjacent to an activating group) is 1. The van der Waals surface area contributed by atoms with Crippen LogP contribution in [0.25, 0.3) is 0 Å². The third kappa shape index (κ3) is 4.58. The number of nitrogens with one attached hydrogen (secondary N) is 1. The van der Waals surface area contributed by atoms with E-state index in [1.807, 2.05) is 16.7 Å². The zero-order valence-electron chi connectivity index (χ0n) is 16.9. The molecule has 0 atom stereocenters. The molecule has 2 aromatic rings. The maximum Gasteiger partial charge on any atom is 0.289 e. The van der Waals surface area contributed by atoms with Crippen LogP contribution in [-0.2, 0) is 19.4 Å². The van der Waals surface area contributed by atoms with Crippen molar-refractivity contribution in [3.63, 3.8) is 0 Å². The first-order chi connectivity index (χ1) is 13.5. The third-order valence-corrected chi connectivity index (χ3v) is 5.03. The van der Waals surface area contributed by atoms with Crippen LogP contribution in [0.4, 0.5) is 0 Å². The van der Waals surface area contributed by atoms with Crippen LogP contribution in [0.2, 0.25) is 0 Å². The molecule has 28 heavy (non-hydrogen) atoms. The number of fused-ring (bicyclic) bond motifs is 1. The van der Waals surface area contributed by atoms with Gasteiger partial charge in [-0.3, -0.25) is 14.6 Å². The summed E-state index contributed by atoms with van der Waals surface area (Å²) in [5, 5.41) is 2.93. The molecule has 2 amide bonds. The van der Waals surface area contributed by atoms with Crippen molar-refractivity contribution >= 4 is 11.8 Å². The lowest BCUT2D eigenvalue weighted by Crippen LogP contribution is -2.32. The minimum absolute atomic E-state index is 0.139. The SMILES string of the molecule is CC(C)CNC(=O)c1nc(C(=O)N(C)CCc2ccncc2)n2c1CCCC2. The second kappa shape index (κ2) is 8.99. The summed E-state index contributed by atoms with van der Waals surface area (Å²) in [5.41, 5.74) is 2.43. The topological polar surface area (TPSA) is 80.1 Å². The number of hydrogen-bond acceptors (Lipinski definition) is 4. The Morgan fingerprint density at radius 1 is 1.25 bits per heavy atom. The van der Waals surface area contributed by atoms with Crippen LogP contribution >= 0.6 is 0 Å². The fraction of sp³-hybridized carbons (Fsp3) is 0.524. The Labute approximate surface area is 166 Å². The van der Waals surface area contributed by atoms with Gasteiger partial charge in [-0.05, 0) is 49.3 Å². The number of rotatable bonds is 7. The van der Waals surface area contributed by atoms with Gasteiger partial charge in [0, 0.05) is 39.1 Å². The first kappa shape index (κ1) is 20.0. The Bertz CT molecular complexity index is 829. The smallest absolute Gasteiger partial charge is 0.289 e. The number of carbonyl (C=O) groups excluding carboxylic acids is 2. The maximum atomic E-state index is 13.0. The largest absolute Gasteiger partial charge is 0.350 e. The van der Waals surface area contributed by atoms with Crippen LogP contribution in [0, 0.1) is 5.92 Å². The molecule has 0 unspecified atom stereocenters. The van der Waals surface area contributed by atoms with Crippen molar-refractivity contribution in [2.24, 2.45) is 5.92 Å². The van der Waals surface area contributed by atoms with E-state index in [0.29, 0.717) is 30.5 Å². The summed E-state index contributed by atoms with van der Waals surface area (Å²) in [5.74, 6) is 0.419. The molecule has 1 aliphatic rings. The van der Waals surface area contributed by atoms with E-state index in [9.17, 15) is 9.59 Å². The van der Waals surface area contributed by atoms with Crippen molar-refractivity contribution in [1.82, 2.24) is 24.8 Å². The molecule has 0 fully saturated rings. The summed E-state index contributed by atoms with van der Waals surface area (Å²) >= 11 is 0. The van der Waals surface area contributed by atoms with E-state index in [4.69, 9.17) is 0 Å². The highest BCUT2D eigenvalue weighted by atomic mass is 16.2. The summed E-state index contributed by atoms with van der Waals surface area (Å²) in [7, 11) is 1.78. The molecule has 2 aromatic heterocycles. The summed E-state index contributed by atoms with van der Waals surface area (Å²) < 4.78 is 1.94. The first-order valence-electron chi connectivity index (χ1n) is 9.99. The van der Waals surface area contributed by atoms with Crippen LogP contribution in [0.1, 0.15) is 59.1 Å². The van der Waals surface area contributed by atoms with Gasteiger partial charge in [0.2, 0.25) is 0 Å². The second-order valence-corrected chi connectivity index (χ2v) is 7.78. The molecular formula is C21H29N5O2. The van der Waals surface area contributed by atoms with E-state index in [0.717, 1.165) is 43.5 Å². The monoisotopic (exact) mass is 383 g/mol. The lowest BCUT2D eigenvalue weighted by molar-refractivity contribution is 0.0778. The third-order valence-electron chi connectivity index (χ3n) is 5.03. The predicted octanol–water partition coefficient (Wildman–Crippen LogP) is 2.31. The quantitative estimate of drug-likeness (QED) is 0.796. The molecule has 0 spiro atoms. The molecule has 1 aliphatic heterocycles. The van der Waals surface area contributed by atoms with Gasteiger partial charge >= 0.3 is 0 Å². The highest BCUT2D eigenvalue weighted by molar-refractivity contribution is 5.97. The fourth-order valence-electron chi connectivity index (χ4n) is 3.39. The van der Waals surface area contributed by atoms with Crippen molar-refractivity contribution in [1.29, 1.82) is 0 Å². The number of amides is 2. The average molecular weight is 383 g/mol. The van der Waals surface area contributed by atoms with E-state index in [1.165, 1.54) is 0 Å². The Kier molecular flexibility index (Phi) is 6.44. The standard InChI is InChI=1S/C21H29N5O2/c1-15(2)14-23-20(27)18-17-6-4-5-12-26(17)19(24-18)21(28)25(3)13-9-16-7-10-22-11-8-16/h7-8,10-11,15H,4-6,9,12-14H2,1-3H3,(H,23,27). The number of pyridine rings is 1. The van der Waals surface area contributed by atoms with Gasteiger partial charge in [0.25, 0.3) is 11.8 Å². The molecule has 7 nitrogen and oxygen atoms in total. The van der Waals surface area contributed by atoms with Crippen LogP contribution < -0.4 is 5.32 Å². The molecule has 0 aromatic carbocycles. The summed E-state index contributed by atoms with van der Waals surface area (Å²) in [6, 6.07) is 3.90. The molecule has 7 heteroatoms. The van der Waals surface area contributed by atoms with Crippen LogP contribution in [-0.4, -0.2) is 51.4 Å². The summed E-state index contributed by atoms with van der Waals surface area (Å²) in [4.78, 5) is 35.9. The zero-order valence-corrected chi connectivity index (χ0v) is 16.9. The van der Waals surface area contributed by atoms with Gasteiger partial charge in [-0.2, -0.15) is 0 Å². The number of nitrogens with zero attached hydrogens (tertiary/aromatic N) is 4. The second-order valence-electron chi connectivity index (χ2n) is 7.78. The molecule has 0 saturated heterocycles. The molecule has 3 rings (SSSR count). The van der Waals surface area contributed by atoms with Crippen molar-refractivity contribution < 1.29 is 9.59 Å². The molecule has 3 heterocycles. The maximum absolute atomic E-state index is 13.0. The van der Waals surface area contributed by atoms with Gasteiger partial charge in [0.05, 0.1) is 5.69 Å². The Hall–Kier alpha value is -2.70. The number of imidazole rings is 1. The average Bonchev–Trinajstić information content (AvgIpc) is 3.10. The number of hydrogen-bond donors (Lipinski definition) is 1. The minimum atomic E-state index is -0.183. The number of aromatic nitrogens is 3. The predicted molar refractivity (Wildman–Crippen MR) is 107 cm³/mol. The van der Waals surface area contributed by atoms with E-state index in [2.05, 4.69) is 29.1 Å². The van der Waals surface area contributed by atoms with Crippen LogP contribution in [0.15, 0.2) is 24.5 Å². The minimum Gasteiger partial charge on any atom is -0.350 e. The normalized spacial score (nSPS) is 13.3. The van der Waals surface area contributed by atoms with Crippen molar-refractivity contribution in [2.45, 2.75) is 46.1 Å². The Morgan fingerprint density at radius 2 is 2.00 bits per heavy atom. The molecule has 0 radical (unpaired) electrons. The lowest BCUT2D eigenvalue weighted by atomic mass is 10.1. The van der Waals surface area contributed by atoms with Crippen molar-refractivity contribution in [2.75, 3.05) is 20.1 Å². The van der Waals surface area contributed by atoms with E-state index >= 15 is 0 Å². The van der Waals surface area contributed by atoms with E-state index in [-0.39, 0.29) is 11.8 Å². The molecule has 150 valence electrons. The first-order valence-corrected chi connectivity index (χ1v) is 9.99. The van der Waals surface area contributed by atoms with Crippen LogP contribution in [0.3, 0.4) is 0 Å². The zero-order chi connectivity index (χ0) is 20.1. The van der Waals surface area contributed by atoms with Gasteiger partial charge in [-0.1, -0.05) is 13.8 Å². The van der Waals surface area contributed by atoms with E-state index in [1.54, 1.807) is 24.3 Å². The van der Waals surface area contributed by atoms with E-state index < -0.39 is 0 Å². The van der Waals surface area contributed by atoms with Gasteiger partial charge < -0.3 is 14.8 Å². The molecule has 0 saturated carbocycles. The van der Waals surface area contributed by atoms with Crippen LogP contribution in [0.5, 0.6) is 0 Å². The van der Waals surface area contributed by atoms with Gasteiger partial charge in [0.15, 0.2) is 5.82 Å². The van der Waals surface area contributed by atoms with Crippen molar-refractivity contribution in [3.05, 3.63) is 47.3 Å². The van der Waals surface area contributed by atoms with Crippen molar-refractivity contribution in [3.8, 4) is 0 Å². The summed E-state index contributed by atoms with van der Waals surface area (Å²) in [6.07, 6.45) is 7.05. The highest BCUT2D eigenvalue weighted by Gasteiger charge is 2.28. The lowest BCUT2D eigenvalue weighted by Gasteiger charge is -2.20. The summed E-state index contributed by atoms with van der Waals surface area (Å²) in [6.45, 7) is 6.02. The molecular weight excluding hydrogens is 354 g/mol. The Balaban J connectivity index is 1.76. The molecule has 0 aliphatic carbocycles. The molecule has 1 N–H and O–H groups in total. The number of carbonyl (C=O) groups is 2. The van der Waals surface area contributed by atoms with Gasteiger partial charge in [0.1, 0.15) is 5.69 Å². The highest BCUT2D eigenvalue weighted by Crippen LogP contribution is 2.22. The Morgan fingerprint density at radius 3 is 2.71 bits per heavy atom. The fourth-order valence-corrected chi connectivity index (χ4v) is 3.39. The van der Waals surface area contributed by atoms with Gasteiger partial charge in [-0.25, -0.2) is 4.98 Å².